The first-order valence-corrected chi connectivity index (χ1v) is 4.80. The minimum atomic E-state index is -3.01. The van der Waals surface area contributed by atoms with E-state index in [1.807, 2.05) is 0 Å². The summed E-state index contributed by atoms with van der Waals surface area (Å²) >= 11 is 0. The van der Waals surface area contributed by atoms with E-state index in [4.69, 9.17) is 0 Å². The quantitative estimate of drug-likeness (QED) is 0.452. The highest BCUT2D eigenvalue weighted by molar-refractivity contribution is 5.44. The summed E-state index contributed by atoms with van der Waals surface area (Å²) in [4.78, 5) is 9.98. The van der Waals surface area contributed by atoms with Crippen LogP contribution in [-0.2, 0) is 0 Å². The lowest BCUT2D eigenvalue weighted by atomic mass is 10.0. The molecule has 1 rings (SSSR count). The SMILES string of the molecule is C=CC(C)c1cc(OC(F)F)cc([N+](=O)[O-])c1. The normalized spacial score (nSPS) is 12.2. The van der Waals surface area contributed by atoms with Gasteiger partial charge in [-0.15, -0.1) is 6.58 Å². The summed E-state index contributed by atoms with van der Waals surface area (Å²) in [5.74, 6) is -0.409. The number of nitro benzene ring substituents is 1. The van der Waals surface area contributed by atoms with Crippen LogP contribution in [0, 0.1) is 10.1 Å². The molecule has 92 valence electrons. The maximum absolute atomic E-state index is 12.1. The van der Waals surface area contributed by atoms with Gasteiger partial charge in [0, 0.05) is 6.07 Å². The van der Waals surface area contributed by atoms with Crippen LogP contribution in [0.2, 0.25) is 0 Å². The largest absolute Gasteiger partial charge is 0.435 e. The van der Waals surface area contributed by atoms with Crippen molar-refractivity contribution in [2.75, 3.05) is 0 Å². The van der Waals surface area contributed by atoms with Gasteiger partial charge in [0.15, 0.2) is 0 Å². The van der Waals surface area contributed by atoms with Gasteiger partial charge >= 0.3 is 6.61 Å². The summed E-state index contributed by atoms with van der Waals surface area (Å²) < 4.78 is 28.3. The maximum atomic E-state index is 12.1. The first-order valence-electron chi connectivity index (χ1n) is 4.80. The first-order chi connectivity index (χ1) is 7.93. The molecule has 0 saturated carbocycles. The Morgan fingerprint density at radius 1 is 1.47 bits per heavy atom. The lowest BCUT2D eigenvalue weighted by Crippen LogP contribution is -2.03. The Kier molecular flexibility index (Phi) is 4.14. The molecule has 6 heteroatoms. The molecule has 0 heterocycles. The zero-order valence-corrected chi connectivity index (χ0v) is 9.10. The van der Waals surface area contributed by atoms with Crippen molar-refractivity contribution in [1.29, 1.82) is 0 Å². The van der Waals surface area contributed by atoms with Gasteiger partial charge in [-0.25, -0.2) is 0 Å². The Hall–Kier alpha value is -1.98. The fourth-order valence-electron chi connectivity index (χ4n) is 1.28. The van der Waals surface area contributed by atoms with Gasteiger partial charge in [-0.2, -0.15) is 8.78 Å². The minimum absolute atomic E-state index is 0.185. The van der Waals surface area contributed by atoms with Crippen molar-refractivity contribution in [1.82, 2.24) is 0 Å². The van der Waals surface area contributed by atoms with Crippen LogP contribution < -0.4 is 4.74 Å². The van der Waals surface area contributed by atoms with Crippen molar-refractivity contribution in [2.24, 2.45) is 0 Å². The number of nitrogens with zero attached hydrogens (tertiary/aromatic N) is 1. The van der Waals surface area contributed by atoms with E-state index in [0.717, 1.165) is 6.07 Å². The third kappa shape index (κ3) is 3.51. The predicted octanol–water partition coefficient (Wildman–Crippen LogP) is 3.49. The second-order valence-electron chi connectivity index (χ2n) is 3.42. The molecule has 1 aromatic rings. The Morgan fingerprint density at radius 3 is 2.59 bits per heavy atom. The second kappa shape index (κ2) is 5.38. The fraction of sp³-hybridized carbons (Fsp3) is 0.273. The number of halogens is 2. The first kappa shape index (κ1) is 13.1. The van der Waals surface area contributed by atoms with E-state index in [2.05, 4.69) is 11.3 Å². The second-order valence-corrected chi connectivity index (χ2v) is 3.42. The third-order valence-corrected chi connectivity index (χ3v) is 2.23. The van der Waals surface area contributed by atoms with E-state index in [1.165, 1.54) is 12.1 Å². The highest BCUT2D eigenvalue weighted by Gasteiger charge is 2.15. The Balaban J connectivity index is 3.18. The number of ether oxygens (including phenoxy) is 1. The van der Waals surface area contributed by atoms with Gasteiger partial charge in [-0.1, -0.05) is 13.0 Å². The van der Waals surface area contributed by atoms with E-state index in [-0.39, 0.29) is 17.4 Å². The lowest BCUT2D eigenvalue weighted by Gasteiger charge is -2.10. The average molecular weight is 243 g/mol. The molecule has 0 bridgehead atoms. The van der Waals surface area contributed by atoms with Crippen LogP contribution in [0.4, 0.5) is 14.5 Å². The highest BCUT2D eigenvalue weighted by atomic mass is 19.3. The molecule has 0 spiro atoms. The van der Waals surface area contributed by atoms with E-state index in [1.54, 1.807) is 13.0 Å². The number of hydrogen-bond acceptors (Lipinski definition) is 3. The third-order valence-electron chi connectivity index (χ3n) is 2.23. The number of nitro groups is 1. The lowest BCUT2D eigenvalue weighted by molar-refractivity contribution is -0.385. The zero-order chi connectivity index (χ0) is 13.0. The van der Waals surface area contributed by atoms with Crippen LogP contribution in [0.25, 0.3) is 0 Å². The van der Waals surface area contributed by atoms with Crippen molar-refractivity contribution in [3.8, 4) is 5.75 Å². The molecular weight excluding hydrogens is 232 g/mol. The number of alkyl halides is 2. The molecule has 0 amide bonds. The molecular formula is C11H11F2NO3. The van der Waals surface area contributed by atoms with Crippen LogP contribution in [0.3, 0.4) is 0 Å². The van der Waals surface area contributed by atoms with Crippen molar-refractivity contribution in [3.63, 3.8) is 0 Å². The molecule has 4 nitrogen and oxygen atoms in total. The van der Waals surface area contributed by atoms with Gasteiger partial charge < -0.3 is 4.74 Å². The van der Waals surface area contributed by atoms with Gasteiger partial charge in [-0.3, -0.25) is 10.1 Å². The molecule has 1 atom stereocenters. The van der Waals surface area contributed by atoms with Gasteiger partial charge in [0.2, 0.25) is 0 Å². The summed E-state index contributed by atoms with van der Waals surface area (Å²) in [7, 11) is 0. The van der Waals surface area contributed by atoms with Crippen LogP contribution >= 0.6 is 0 Å². The van der Waals surface area contributed by atoms with E-state index < -0.39 is 11.5 Å². The summed E-state index contributed by atoms with van der Waals surface area (Å²) in [5, 5.41) is 10.6. The van der Waals surface area contributed by atoms with Crippen molar-refractivity contribution >= 4 is 5.69 Å². The molecule has 0 saturated heterocycles. The molecule has 0 aliphatic rings. The van der Waals surface area contributed by atoms with Crippen LogP contribution in [0.5, 0.6) is 5.75 Å². The Bertz CT molecular complexity index is 435. The molecule has 0 aliphatic heterocycles. The highest BCUT2D eigenvalue weighted by Crippen LogP contribution is 2.28. The minimum Gasteiger partial charge on any atom is -0.435 e. The van der Waals surface area contributed by atoms with E-state index >= 15 is 0 Å². The molecule has 0 radical (unpaired) electrons. The number of rotatable bonds is 5. The number of allylic oxidation sites excluding steroid dienone is 1. The van der Waals surface area contributed by atoms with Crippen molar-refractivity contribution < 1.29 is 18.4 Å². The monoisotopic (exact) mass is 243 g/mol. The molecule has 0 aromatic heterocycles. The summed E-state index contributed by atoms with van der Waals surface area (Å²) in [6.07, 6.45) is 1.56. The van der Waals surface area contributed by atoms with E-state index in [0.29, 0.717) is 5.56 Å². The maximum Gasteiger partial charge on any atom is 0.387 e. The molecule has 1 aromatic carbocycles. The van der Waals surface area contributed by atoms with Gasteiger partial charge in [-0.05, 0) is 17.5 Å². The summed E-state index contributed by atoms with van der Waals surface area (Å²) in [5.41, 5.74) is 0.219. The van der Waals surface area contributed by atoms with Crippen molar-refractivity contribution in [3.05, 3.63) is 46.5 Å². The molecule has 0 fully saturated rings. The summed E-state index contributed by atoms with van der Waals surface area (Å²) in [6.45, 7) is 2.28. The Morgan fingerprint density at radius 2 is 2.12 bits per heavy atom. The van der Waals surface area contributed by atoms with Crippen LogP contribution in [-0.4, -0.2) is 11.5 Å². The van der Waals surface area contributed by atoms with Crippen LogP contribution in [0.1, 0.15) is 18.4 Å². The van der Waals surface area contributed by atoms with Crippen molar-refractivity contribution in [2.45, 2.75) is 19.5 Å². The van der Waals surface area contributed by atoms with Gasteiger partial charge in [0.25, 0.3) is 5.69 Å². The smallest absolute Gasteiger partial charge is 0.387 e. The number of hydrogen-bond donors (Lipinski definition) is 0. The van der Waals surface area contributed by atoms with Gasteiger partial charge in [0.1, 0.15) is 5.75 Å². The number of benzene rings is 1. The predicted molar refractivity (Wildman–Crippen MR) is 58.3 cm³/mol. The standard InChI is InChI=1S/C11H11F2NO3/c1-3-7(2)8-4-9(14(15)16)6-10(5-8)17-11(12)13/h3-7,11H,1H2,2H3. The molecule has 1 unspecified atom stereocenters. The molecule has 17 heavy (non-hydrogen) atoms. The fourth-order valence-corrected chi connectivity index (χ4v) is 1.28. The Labute approximate surface area is 96.7 Å². The topological polar surface area (TPSA) is 52.4 Å². The van der Waals surface area contributed by atoms with Crippen LogP contribution in [0.15, 0.2) is 30.9 Å². The molecule has 0 N–H and O–H groups in total. The van der Waals surface area contributed by atoms with Gasteiger partial charge in [0.05, 0.1) is 11.0 Å². The van der Waals surface area contributed by atoms with E-state index in [9.17, 15) is 18.9 Å². The molecule has 0 aliphatic carbocycles. The summed E-state index contributed by atoms with van der Waals surface area (Å²) in [6, 6.07) is 3.61. The zero-order valence-electron chi connectivity index (χ0n) is 9.10. The average Bonchev–Trinajstić information content (AvgIpc) is 2.26. The number of non-ortho nitro benzene ring substituents is 1.